The number of nitrogen functional groups attached to an aromatic ring is 1. The minimum atomic E-state index is -3.56. The molecule has 1 aromatic carbocycles. The van der Waals surface area contributed by atoms with Gasteiger partial charge in [0.15, 0.2) is 7.85 Å². The molecule has 0 spiro atoms. The van der Waals surface area contributed by atoms with E-state index in [4.69, 9.17) is 18.7 Å². The number of nitrogens with zero attached hydrogens (tertiary/aromatic N) is 3. The second-order valence-corrected chi connectivity index (χ2v) is 5.70. The molecule has 2 aromatic rings. The monoisotopic (exact) mass is 344 g/mol. The Hall–Kier alpha value is -2.89. The average molecular weight is 344 g/mol. The molecule has 0 saturated heterocycles. The normalized spacial score (nSPS) is 13.9. The van der Waals surface area contributed by atoms with Crippen LogP contribution in [0.5, 0.6) is 0 Å². The van der Waals surface area contributed by atoms with Crippen LogP contribution in [0.4, 0.5) is 14.6 Å². The Bertz CT molecular complexity index is 838. The third-order valence-corrected chi connectivity index (χ3v) is 4.04. The summed E-state index contributed by atoms with van der Waals surface area (Å²) in [6.07, 6.45) is 0. The van der Waals surface area contributed by atoms with Crippen molar-refractivity contribution >= 4 is 19.6 Å². The maximum absolute atomic E-state index is 13.4. The van der Waals surface area contributed by atoms with E-state index < -0.39 is 23.8 Å². The Morgan fingerprint density at radius 3 is 2.40 bits per heavy atom. The molecule has 128 valence electrons. The molecule has 0 bridgehead atoms. The molecule has 0 aliphatic heterocycles. The maximum Gasteiger partial charge on any atom is 0.310 e. The van der Waals surface area contributed by atoms with Crippen LogP contribution in [0, 0.1) is 11.3 Å². The molecule has 2 atom stereocenters. The predicted octanol–water partition coefficient (Wildman–Crippen LogP) is 2.51. The number of alkyl halides is 2. The van der Waals surface area contributed by atoms with Crippen LogP contribution in [0.2, 0.25) is 0 Å². The summed E-state index contributed by atoms with van der Waals surface area (Å²) in [5.74, 6) is -5.45. The minimum Gasteiger partial charge on any atom is -0.481 e. The highest BCUT2D eigenvalue weighted by molar-refractivity contribution is 6.13. The van der Waals surface area contributed by atoms with Crippen LogP contribution in [0.25, 0.3) is 11.3 Å². The maximum atomic E-state index is 13.4. The number of aromatic nitrogens is 2. The third-order valence-electron chi connectivity index (χ3n) is 4.04. The van der Waals surface area contributed by atoms with Crippen molar-refractivity contribution in [2.45, 2.75) is 31.6 Å². The summed E-state index contributed by atoms with van der Waals surface area (Å²) in [5.41, 5.74) is 6.88. The van der Waals surface area contributed by atoms with Crippen LogP contribution in [0.15, 0.2) is 24.3 Å². The van der Waals surface area contributed by atoms with E-state index in [1.807, 2.05) is 6.07 Å². The van der Waals surface area contributed by atoms with Crippen molar-refractivity contribution in [1.29, 1.82) is 5.26 Å². The van der Waals surface area contributed by atoms with Crippen molar-refractivity contribution in [3.8, 4) is 17.3 Å². The largest absolute Gasteiger partial charge is 0.481 e. The van der Waals surface area contributed by atoms with Gasteiger partial charge in [0.1, 0.15) is 29.2 Å². The molecule has 0 fully saturated rings. The second-order valence-electron chi connectivity index (χ2n) is 5.70. The quantitative estimate of drug-likeness (QED) is 0.811. The summed E-state index contributed by atoms with van der Waals surface area (Å²) in [5, 5.41) is 22.3. The standard InChI is InChI=1S/C16H15BF2N4O2/c1-8(15(24)25)10-3-5-11(6-4-10)13-12(7-20)14(21)23(22-13)9(2)16(17,18)19/h3-6,8-9H,21H2,1-2H3,(H,24,25). The van der Waals surface area contributed by atoms with E-state index in [-0.39, 0.29) is 17.1 Å². The smallest absolute Gasteiger partial charge is 0.310 e. The highest BCUT2D eigenvalue weighted by Crippen LogP contribution is 2.33. The van der Waals surface area contributed by atoms with E-state index in [0.29, 0.717) is 11.1 Å². The number of hydrogen-bond donors (Lipinski definition) is 2. The van der Waals surface area contributed by atoms with Crippen LogP contribution >= 0.6 is 0 Å². The fraction of sp³-hybridized carbons (Fsp3) is 0.312. The lowest BCUT2D eigenvalue weighted by Gasteiger charge is -2.21. The van der Waals surface area contributed by atoms with E-state index in [2.05, 4.69) is 5.10 Å². The lowest BCUT2D eigenvalue weighted by molar-refractivity contribution is -0.138. The first-order valence-electron chi connectivity index (χ1n) is 7.35. The van der Waals surface area contributed by atoms with Gasteiger partial charge >= 0.3 is 5.97 Å². The molecule has 0 aliphatic rings. The number of benzene rings is 1. The average Bonchev–Trinajstić information content (AvgIpc) is 2.89. The fourth-order valence-corrected chi connectivity index (χ4v) is 2.29. The molecule has 2 rings (SSSR count). The van der Waals surface area contributed by atoms with Gasteiger partial charge in [0.05, 0.1) is 5.92 Å². The zero-order valence-electron chi connectivity index (χ0n) is 13.6. The fourth-order valence-electron chi connectivity index (χ4n) is 2.29. The molecule has 0 aliphatic carbocycles. The molecule has 0 saturated carbocycles. The molecular weight excluding hydrogens is 329 g/mol. The summed E-state index contributed by atoms with van der Waals surface area (Å²) < 4.78 is 27.6. The van der Waals surface area contributed by atoms with Crippen molar-refractivity contribution in [1.82, 2.24) is 9.78 Å². The van der Waals surface area contributed by atoms with Crippen LogP contribution < -0.4 is 5.73 Å². The summed E-state index contributed by atoms with van der Waals surface area (Å²) in [6, 6.07) is 6.59. The van der Waals surface area contributed by atoms with Gasteiger partial charge in [0, 0.05) is 5.56 Å². The Labute approximate surface area is 144 Å². The summed E-state index contributed by atoms with van der Waals surface area (Å²) in [7, 11) is 4.81. The van der Waals surface area contributed by atoms with E-state index in [9.17, 15) is 18.8 Å². The first-order chi connectivity index (χ1) is 11.6. The molecule has 6 nitrogen and oxygen atoms in total. The molecule has 25 heavy (non-hydrogen) atoms. The first kappa shape index (κ1) is 18.5. The number of nitriles is 1. The Morgan fingerprint density at radius 2 is 1.96 bits per heavy atom. The molecule has 2 unspecified atom stereocenters. The van der Waals surface area contributed by atoms with Gasteiger partial charge in [-0.1, -0.05) is 24.3 Å². The summed E-state index contributed by atoms with van der Waals surface area (Å²) >= 11 is 0. The SMILES string of the molecule is [B]C(F)(F)C(C)n1nc(-c2ccc(C(C)C(=O)O)cc2)c(C#N)c1N. The molecule has 9 heteroatoms. The second kappa shape index (κ2) is 6.55. The number of nitrogens with two attached hydrogens (primary N) is 1. The van der Waals surface area contributed by atoms with Gasteiger partial charge in [-0.15, -0.1) is 0 Å². The molecule has 1 aromatic heterocycles. The molecule has 1 heterocycles. The van der Waals surface area contributed by atoms with Gasteiger partial charge < -0.3 is 10.8 Å². The lowest BCUT2D eigenvalue weighted by atomic mass is 9.92. The van der Waals surface area contributed by atoms with Crippen molar-refractivity contribution < 1.29 is 18.7 Å². The van der Waals surface area contributed by atoms with E-state index in [1.165, 1.54) is 6.92 Å². The summed E-state index contributed by atoms with van der Waals surface area (Å²) in [6.45, 7) is 2.68. The predicted molar refractivity (Wildman–Crippen MR) is 88.3 cm³/mol. The minimum absolute atomic E-state index is 0.0462. The topological polar surface area (TPSA) is 105 Å². The van der Waals surface area contributed by atoms with Crippen LogP contribution in [-0.2, 0) is 4.79 Å². The van der Waals surface area contributed by atoms with Crippen molar-refractivity contribution in [3.63, 3.8) is 0 Å². The molecule has 2 radical (unpaired) electrons. The van der Waals surface area contributed by atoms with E-state index in [0.717, 1.165) is 11.6 Å². The van der Waals surface area contributed by atoms with Crippen molar-refractivity contribution in [2.24, 2.45) is 0 Å². The highest BCUT2D eigenvalue weighted by Gasteiger charge is 2.34. The number of carbonyl (C=O) groups is 1. The Kier molecular flexibility index (Phi) is 4.83. The van der Waals surface area contributed by atoms with Crippen molar-refractivity contribution in [2.75, 3.05) is 5.73 Å². The Balaban J connectivity index is 2.50. The van der Waals surface area contributed by atoms with Gasteiger partial charge in [-0.05, 0) is 19.4 Å². The van der Waals surface area contributed by atoms with Gasteiger partial charge in [-0.3, -0.25) is 4.79 Å². The van der Waals surface area contributed by atoms with Gasteiger partial charge in [-0.2, -0.15) is 10.4 Å². The number of hydrogen-bond acceptors (Lipinski definition) is 4. The zero-order chi connectivity index (χ0) is 18.9. The van der Waals surface area contributed by atoms with Crippen LogP contribution in [0.1, 0.15) is 36.9 Å². The number of carboxylic acid groups (broad SMARTS) is 1. The number of carboxylic acids is 1. The van der Waals surface area contributed by atoms with Crippen LogP contribution in [0.3, 0.4) is 0 Å². The van der Waals surface area contributed by atoms with Crippen molar-refractivity contribution in [3.05, 3.63) is 35.4 Å². The number of rotatable bonds is 5. The highest BCUT2D eigenvalue weighted by atomic mass is 19.3. The molecular formula is C16H15BF2N4O2. The van der Waals surface area contributed by atoms with Gasteiger partial charge in [-0.25, -0.2) is 13.5 Å². The van der Waals surface area contributed by atoms with Gasteiger partial charge in [0.25, 0.3) is 0 Å². The van der Waals surface area contributed by atoms with Gasteiger partial charge in [0.2, 0.25) is 5.82 Å². The van der Waals surface area contributed by atoms with Crippen LogP contribution in [-0.4, -0.2) is 34.5 Å². The first-order valence-corrected chi connectivity index (χ1v) is 7.35. The Morgan fingerprint density at radius 1 is 1.40 bits per heavy atom. The zero-order valence-corrected chi connectivity index (χ0v) is 13.6. The third kappa shape index (κ3) is 3.48. The molecule has 0 amide bonds. The van der Waals surface area contributed by atoms with E-state index >= 15 is 0 Å². The number of halogens is 2. The number of anilines is 1. The molecule has 3 N–H and O–H groups in total. The number of aliphatic carboxylic acids is 1. The summed E-state index contributed by atoms with van der Waals surface area (Å²) in [4.78, 5) is 11.0. The van der Waals surface area contributed by atoms with E-state index in [1.54, 1.807) is 24.3 Å². The lowest BCUT2D eigenvalue weighted by Crippen LogP contribution is -2.30.